The highest BCUT2D eigenvalue weighted by Gasteiger charge is 2.10. The van der Waals surface area contributed by atoms with Gasteiger partial charge in [0.1, 0.15) is 0 Å². The van der Waals surface area contributed by atoms with Crippen LogP contribution in [0.4, 0.5) is 5.69 Å². The maximum Gasteiger partial charge on any atom is 0.0681 e. The van der Waals surface area contributed by atoms with E-state index in [1.165, 1.54) is 11.3 Å². The van der Waals surface area contributed by atoms with Gasteiger partial charge < -0.3 is 4.90 Å². The molecule has 2 heteroatoms. The van der Waals surface area contributed by atoms with E-state index in [1.807, 2.05) is 0 Å². The molecule has 58 valence electrons. The molecule has 0 unspecified atom stereocenters. The van der Waals surface area contributed by atoms with E-state index in [0.717, 1.165) is 13.2 Å². The quantitative estimate of drug-likeness (QED) is 0.594. The molecule has 1 aliphatic heterocycles. The van der Waals surface area contributed by atoms with Gasteiger partial charge in [-0.15, -0.1) is 0 Å². The normalized spacial score (nSPS) is 16.3. The van der Waals surface area contributed by atoms with Crippen LogP contribution in [-0.4, -0.2) is 13.7 Å². The first-order valence-corrected chi connectivity index (χ1v) is 3.88. The molecule has 0 amide bonds. The van der Waals surface area contributed by atoms with Gasteiger partial charge in [-0.3, -0.25) is 5.32 Å². The molecule has 1 heterocycles. The molecular formula is C9H12N2. The average Bonchev–Trinajstić information content (AvgIpc) is 2.06. The molecule has 0 bridgehead atoms. The lowest BCUT2D eigenvalue weighted by molar-refractivity contribution is 0.646. The van der Waals surface area contributed by atoms with Gasteiger partial charge in [0.2, 0.25) is 0 Å². The van der Waals surface area contributed by atoms with Crippen molar-refractivity contribution < 1.29 is 0 Å². The summed E-state index contributed by atoms with van der Waals surface area (Å²) in [7, 11) is 2.10. The van der Waals surface area contributed by atoms with E-state index in [9.17, 15) is 0 Å². The van der Waals surface area contributed by atoms with Crippen molar-refractivity contribution in [2.45, 2.75) is 6.54 Å². The number of benzene rings is 1. The minimum Gasteiger partial charge on any atom is -0.362 e. The Morgan fingerprint density at radius 2 is 2.18 bits per heavy atom. The number of fused-ring (bicyclic) bond motifs is 1. The molecule has 0 saturated heterocycles. The smallest absolute Gasteiger partial charge is 0.0681 e. The monoisotopic (exact) mass is 148 g/mol. The minimum absolute atomic E-state index is 0.955. The average molecular weight is 148 g/mol. The zero-order valence-corrected chi connectivity index (χ0v) is 6.67. The van der Waals surface area contributed by atoms with Crippen LogP contribution in [0, 0.1) is 0 Å². The summed E-state index contributed by atoms with van der Waals surface area (Å²) in [5.74, 6) is 0. The molecule has 2 nitrogen and oxygen atoms in total. The van der Waals surface area contributed by atoms with E-state index >= 15 is 0 Å². The zero-order valence-electron chi connectivity index (χ0n) is 6.67. The van der Waals surface area contributed by atoms with Crippen molar-refractivity contribution >= 4 is 5.69 Å². The van der Waals surface area contributed by atoms with Crippen molar-refractivity contribution in [1.29, 1.82) is 0 Å². The first kappa shape index (κ1) is 6.68. The molecular weight excluding hydrogens is 136 g/mol. The van der Waals surface area contributed by atoms with Crippen molar-refractivity contribution in [1.82, 2.24) is 5.32 Å². The first-order valence-electron chi connectivity index (χ1n) is 3.88. The van der Waals surface area contributed by atoms with Crippen LogP contribution >= 0.6 is 0 Å². The molecule has 0 fully saturated rings. The Morgan fingerprint density at radius 1 is 1.36 bits per heavy atom. The van der Waals surface area contributed by atoms with Crippen molar-refractivity contribution in [3.63, 3.8) is 0 Å². The number of hydrogen-bond donors (Lipinski definition) is 1. The number of para-hydroxylation sites is 1. The van der Waals surface area contributed by atoms with Gasteiger partial charge >= 0.3 is 0 Å². The summed E-state index contributed by atoms with van der Waals surface area (Å²) in [6.07, 6.45) is 0. The van der Waals surface area contributed by atoms with Crippen LogP contribution in [0.2, 0.25) is 0 Å². The predicted molar refractivity (Wildman–Crippen MR) is 46.6 cm³/mol. The highest BCUT2D eigenvalue weighted by molar-refractivity contribution is 5.54. The van der Waals surface area contributed by atoms with Gasteiger partial charge in [0, 0.05) is 19.3 Å². The Labute approximate surface area is 66.8 Å². The number of anilines is 1. The second kappa shape index (κ2) is 2.55. The number of hydrogen-bond acceptors (Lipinski definition) is 2. The zero-order chi connectivity index (χ0) is 7.68. The van der Waals surface area contributed by atoms with Gasteiger partial charge in [0.25, 0.3) is 0 Å². The van der Waals surface area contributed by atoms with Gasteiger partial charge in [0.15, 0.2) is 0 Å². The SMILES string of the molecule is CN1CNCc2ccccc21. The Balaban J connectivity index is 2.44. The summed E-state index contributed by atoms with van der Waals surface area (Å²) in [4.78, 5) is 2.22. The second-order valence-electron chi connectivity index (χ2n) is 2.91. The van der Waals surface area contributed by atoms with Gasteiger partial charge in [0.05, 0.1) is 6.67 Å². The fourth-order valence-corrected chi connectivity index (χ4v) is 1.48. The third-order valence-electron chi connectivity index (χ3n) is 2.07. The molecule has 0 radical (unpaired) electrons. The summed E-state index contributed by atoms with van der Waals surface area (Å²) in [6.45, 7) is 1.96. The van der Waals surface area contributed by atoms with E-state index in [-0.39, 0.29) is 0 Å². The third kappa shape index (κ3) is 1.10. The van der Waals surface area contributed by atoms with Crippen LogP contribution < -0.4 is 10.2 Å². The highest BCUT2D eigenvalue weighted by atomic mass is 15.2. The summed E-state index contributed by atoms with van der Waals surface area (Å²) >= 11 is 0. The van der Waals surface area contributed by atoms with Crippen molar-refractivity contribution in [2.75, 3.05) is 18.6 Å². The largest absolute Gasteiger partial charge is 0.362 e. The van der Waals surface area contributed by atoms with Crippen molar-refractivity contribution in [3.8, 4) is 0 Å². The van der Waals surface area contributed by atoms with Gasteiger partial charge in [-0.2, -0.15) is 0 Å². The fraction of sp³-hybridized carbons (Fsp3) is 0.333. The standard InChI is InChI=1S/C9H12N2/c1-11-7-10-6-8-4-2-3-5-9(8)11/h2-5,10H,6-7H2,1H3. The van der Waals surface area contributed by atoms with E-state index in [4.69, 9.17) is 0 Å². The molecule has 1 aliphatic rings. The van der Waals surface area contributed by atoms with Gasteiger partial charge in [-0.25, -0.2) is 0 Å². The molecule has 1 N–H and O–H groups in total. The number of nitrogens with one attached hydrogen (secondary N) is 1. The third-order valence-corrected chi connectivity index (χ3v) is 2.07. The first-order chi connectivity index (χ1) is 5.38. The highest BCUT2D eigenvalue weighted by Crippen LogP contribution is 2.20. The van der Waals surface area contributed by atoms with Crippen LogP contribution in [0.25, 0.3) is 0 Å². The second-order valence-corrected chi connectivity index (χ2v) is 2.91. The molecule has 0 aromatic heterocycles. The minimum atomic E-state index is 0.955. The Hall–Kier alpha value is -1.02. The number of nitrogens with zero attached hydrogens (tertiary/aromatic N) is 1. The lowest BCUT2D eigenvalue weighted by Gasteiger charge is -2.27. The van der Waals surface area contributed by atoms with E-state index in [1.54, 1.807) is 0 Å². The van der Waals surface area contributed by atoms with Crippen LogP contribution in [0.3, 0.4) is 0 Å². The fourth-order valence-electron chi connectivity index (χ4n) is 1.48. The summed E-state index contributed by atoms with van der Waals surface area (Å²) in [5.41, 5.74) is 2.74. The van der Waals surface area contributed by atoms with Crippen LogP contribution in [0.1, 0.15) is 5.56 Å². The lowest BCUT2D eigenvalue weighted by Crippen LogP contribution is -2.35. The molecule has 1 aromatic rings. The van der Waals surface area contributed by atoms with Crippen LogP contribution in [-0.2, 0) is 6.54 Å². The van der Waals surface area contributed by atoms with Gasteiger partial charge in [-0.05, 0) is 11.6 Å². The topological polar surface area (TPSA) is 15.3 Å². The molecule has 1 aromatic carbocycles. The predicted octanol–water partition coefficient (Wildman–Crippen LogP) is 1.18. The summed E-state index contributed by atoms with van der Waals surface area (Å²) in [5, 5.41) is 3.32. The van der Waals surface area contributed by atoms with Crippen molar-refractivity contribution in [3.05, 3.63) is 29.8 Å². The molecule has 2 rings (SSSR count). The van der Waals surface area contributed by atoms with Crippen LogP contribution in [0.5, 0.6) is 0 Å². The maximum atomic E-state index is 3.32. The molecule has 0 atom stereocenters. The van der Waals surface area contributed by atoms with Gasteiger partial charge in [-0.1, -0.05) is 18.2 Å². The van der Waals surface area contributed by atoms with Crippen molar-refractivity contribution in [2.24, 2.45) is 0 Å². The van der Waals surface area contributed by atoms with Crippen LogP contribution in [0.15, 0.2) is 24.3 Å². The van der Waals surface area contributed by atoms with E-state index in [2.05, 4.69) is 41.5 Å². The molecule has 0 saturated carbocycles. The molecule has 0 aliphatic carbocycles. The number of rotatable bonds is 0. The lowest BCUT2D eigenvalue weighted by atomic mass is 10.1. The maximum absolute atomic E-state index is 3.32. The summed E-state index contributed by atoms with van der Waals surface area (Å²) in [6, 6.07) is 8.49. The molecule has 11 heavy (non-hydrogen) atoms. The summed E-state index contributed by atoms with van der Waals surface area (Å²) < 4.78 is 0. The van der Waals surface area contributed by atoms with E-state index < -0.39 is 0 Å². The Bertz CT molecular complexity index is 257. The molecule has 0 spiro atoms. The van der Waals surface area contributed by atoms with E-state index in [0.29, 0.717) is 0 Å². The Kier molecular flexibility index (Phi) is 1.55. The Morgan fingerprint density at radius 3 is 3.00 bits per heavy atom.